The van der Waals surface area contributed by atoms with Crippen LogP contribution in [0.4, 0.5) is 0 Å². The fraction of sp³-hybridized carbons (Fsp3) is 0.474. The van der Waals surface area contributed by atoms with Crippen molar-refractivity contribution in [3.05, 3.63) is 45.4 Å². The van der Waals surface area contributed by atoms with Gasteiger partial charge in [-0.15, -0.1) is 23.1 Å². The monoisotopic (exact) mass is 426 g/mol. The maximum Gasteiger partial charge on any atom is 0.194 e. The van der Waals surface area contributed by atoms with Gasteiger partial charge in [-0.05, 0) is 38.1 Å². The molecule has 0 spiro atoms. The zero-order chi connectivity index (χ0) is 19.6. The Morgan fingerprint density at radius 1 is 1.41 bits per heavy atom. The number of nitrogens with zero attached hydrogens (tertiary/aromatic N) is 3. The van der Waals surface area contributed by atoms with E-state index in [2.05, 4.69) is 27.5 Å². The highest BCUT2D eigenvalue weighted by molar-refractivity contribution is 7.99. The van der Waals surface area contributed by atoms with E-state index in [1.165, 1.54) is 4.90 Å². The maximum absolute atomic E-state index is 5.92. The lowest BCUT2D eigenvalue weighted by Crippen LogP contribution is -2.38. The molecule has 2 rings (SSSR count). The number of benzene rings is 1. The van der Waals surface area contributed by atoms with Crippen molar-refractivity contribution in [2.24, 2.45) is 4.99 Å². The average Bonchev–Trinajstić information content (AvgIpc) is 3.13. The number of ether oxygens (including phenoxy) is 1. The summed E-state index contributed by atoms with van der Waals surface area (Å²) in [5.74, 6) is 1.81. The summed E-state index contributed by atoms with van der Waals surface area (Å²) < 4.78 is 5.34. The molecule has 27 heavy (non-hydrogen) atoms. The van der Waals surface area contributed by atoms with Crippen molar-refractivity contribution < 1.29 is 4.74 Å². The van der Waals surface area contributed by atoms with Crippen LogP contribution in [0.1, 0.15) is 30.7 Å². The Balaban J connectivity index is 1.89. The number of rotatable bonds is 9. The quantitative estimate of drug-likeness (QED) is 0.273. The first-order chi connectivity index (χ1) is 13.0. The third-order valence-corrected chi connectivity index (χ3v) is 6.10. The van der Waals surface area contributed by atoms with E-state index in [1.54, 1.807) is 30.2 Å². The minimum absolute atomic E-state index is 0.0286. The number of guanidine groups is 1. The van der Waals surface area contributed by atoms with Crippen molar-refractivity contribution >= 4 is 40.7 Å². The Kier molecular flexibility index (Phi) is 9.41. The van der Waals surface area contributed by atoms with Gasteiger partial charge in [0, 0.05) is 41.8 Å². The fourth-order valence-corrected chi connectivity index (χ4v) is 4.03. The summed E-state index contributed by atoms with van der Waals surface area (Å²) in [4.78, 5) is 12.7. The van der Waals surface area contributed by atoms with Gasteiger partial charge >= 0.3 is 0 Å². The van der Waals surface area contributed by atoms with E-state index in [0.717, 1.165) is 40.5 Å². The number of hydrogen-bond donors (Lipinski definition) is 1. The molecule has 1 atom stereocenters. The maximum atomic E-state index is 5.92. The number of thioether (sulfide) groups is 1. The molecule has 2 aromatic rings. The number of hydrogen-bond acceptors (Lipinski definition) is 5. The summed E-state index contributed by atoms with van der Waals surface area (Å²) in [6.07, 6.45) is 0.0286. The largest absolute Gasteiger partial charge is 0.375 e. The first-order valence-electron chi connectivity index (χ1n) is 8.88. The number of thiazole rings is 1. The molecule has 0 saturated carbocycles. The van der Waals surface area contributed by atoms with E-state index in [1.807, 2.05) is 38.2 Å². The van der Waals surface area contributed by atoms with Crippen molar-refractivity contribution in [3.8, 4) is 0 Å². The van der Waals surface area contributed by atoms with Crippen molar-refractivity contribution in [1.29, 1.82) is 0 Å². The van der Waals surface area contributed by atoms with Crippen LogP contribution < -0.4 is 5.32 Å². The average molecular weight is 427 g/mol. The summed E-state index contributed by atoms with van der Waals surface area (Å²) in [7, 11) is 3.74. The number of aliphatic imine (C=N–C) groups is 1. The predicted molar refractivity (Wildman–Crippen MR) is 117 cm³/mol. The first kappa shape index (κ1) is 22.0. The molecule has 8 heteroatoms. The summed E-state index contributed by atoms with van der Waals surface area (Å²) in [5.41, 5.74) is 1.03. The molecule has 0 bridgehead atoms. The van der Waals surface area contributed by atoms with Gasteiger partial charge in [-0.3, -0.25) is 4.99 Å². The summed E-state index contributed by atoms with van der Waals surface area (Å²) in [6, 6.07) is 7.90. The second-order valence-electron chi connectivity index (χ2n) is 5.95. The highest BCUT2D eigenvalue weighted by Crippen LogP contribution is 2.21. The second kappa shape index (κ2) is 11.5. The zero-order valence-electron chi connectivity index (χ0n) is 16.2. The van der Waals surface area contributed by atoms with Crippen molar-refractivity contribution in [2.75, 3.05) is 33.0 Å². The molecular formula is C19H27ClN4OS2. The number of aromatic nitrogens is 1. The normalized spacial score (nSPS) is 12.9. The molecule has 1 N–H and O–H groups in total. The molecule has 1 aromatic carbocycles. The summed E-state index contributed by atoms with van der Waals surface area (Å²) >= 11 is 9.33. The van der Waals surface area contributed by atoms with Gasteiger partial charge in [0.2, 0.25) is 0 Å². The molecular weight excluding hydrogens is 400 g/mol. The highest BCUT2D eigenvalue weighted by Gasteiger charge is 2.12. The standard InChI is InChI=1S/C19H27ClN4OS2/c1-5-21-19(22-10-11-26-17-8-6-15(20)7-9-17)24(3)12-16-13-27-18(23-16)14(2)25-4/h6-9,13-14H,5,10-12H2,1-4H3,(H,21,22). The molecule has 0 saturated heterocycles. The van der Waals surface area contributed by atoms with Crippen LogP contribution >= 0.6 is 34.7 Å². The van der Waals surface area contributed by atoms with Crippen molar-refractivity contribution in [1.82, 2.24) is 15.2 Å². The predicted octanol–water partition coefficient (Wildman–Crippen LogP) is 4.69. The Labute approximate surface area is 175 Å². The van der Waals surface area contributed by atoms with E-state index >= 15 is 0 Å². The zero-order valence-corrected chi connectivity index (χ0v) is 18.6. The number of methoxy groups -OCH3 is 1. The molecule has 5 nitrogen and oxygen atoms in total. The van der Waals surface area contributed by atoms with Gasteiger partial charge in [-0.2, -0.15) is 0 Å². The minimum atomic E-state index is 0.0286. The van der Waals surface area contributed by atoms with Gasteiger partial charge in [-0.1, -0.05) is 11.6 Å². The second-order valence-corrected chi connectivity index (χ2v) is 8.44. The van der Waals surface area contributed by atoms with Crippen LogP contribution in [0, 0.1) is 0 Å². The highest BCUT2D eigenvalue weighted by atomic mass is 35.5. The van der Waals surface area contributed by atoms with E-state index in [-0.39, 0.29) is 6.10 Å². The van der Waals surface area contributed by atoms with E-state index in [4.69, 9.17) is 21.3 Å². The summed E-state index contributed by atoms with van der Waals surface area (Å²) in [5, 5.41) is 7.20. The van der Waals surface area contributed by atoms with E-state index in [9.17, 15) is 0 Å². The lowest BCUT2D eigenvalue weighted by atomic mass is 10.4. The molecule has 1 heterocycles. The van der Waals surface area contributed by atoms with Crippen LogP contribution in [0.15, 0.2) is 39.5 Å². The van der Waals surface area contributed by atoms with Crippen molar-refractivity contribution in [2.45, 2.75) is 31.4 Å². The van der Waals surface area contributed by atoms with Gasteiger partial charge in [0.15, 0.2) is 5.96 Å². The molecule has 0 amide bonds. The van der Waals surface area contributed by atoms with Gasteiger partial charge in [0.1, 0.15) is 11.1 Å². The van der Waals surface area contributed by atoms with Gasteiger partial charge in [-0.25, -0.2) is 4.98 Å². The summed E-state index contributed by atoms with van der Waals surface area (Å²) in [6.45, 7) is 6.37. The van der Waals surface area contributed by atoms with Gasteiger partial charge < -0.3 is 15.0 Å². The Bertz CT molecular complexity index is 721. The first-order valence-corrected chi connectivity index (χ1v) is 11.1. The molecule has 0 aliphatic carbocycles. The van der Waals surface area contributed by atoms with Gasteiger partial charge in [0.25, 0.3) is 0 Å². The molecule has 148 valence electrons. The van der Waals surface area contributed by atoms with E-state index in [0.29, 0.717) is 6.54 Å². The Morgan fingerprint density at radius 3 is 2.81 bits per heavy atom. The van der Waals surface area contributed by atoms with Crippen LogP contribution in [0.3, 0.4) is 0 Å². The van der Waals surface area contributed by atoms with Crippen LogP contribution in [0.25, 0.3) is 0 Å². The number of nitrogens with one attached hydrogen (secondary N) is 1. The van der Waals surface area contributed by atoms with E-state index < -0.39 is 0 Å². The Morgan fingerprint density at radius 2 is 2.15 bits per heavy atom. The van der Waals surface area contributed by atoms with Crippen LogP contribution in [-0.4, -0.2) is 48.8 Å². The molecule has 0 aliphatic rings. The fourth-order valence-electron chi connectivity index (χ4n) is 2.32. The third kappa shape index (κ3) is 7.33. The molecule has 0 radical (unpaired) electrons. The smallest absolute Gasteiger partial charge is 0.194 e. The van der Waals surface area contributed by atoms with Crippen LogP contribution in [0.2, 0.25) is 5.02 Å². The lowest BCUT2D eigenvalue weighted by Gasteiger charge is -2.21. The van der Waals surface area contributed by atoms with Crippen molar-refractivity contribution in [3.63, 3.8) is 0 Å². The van der Waals surface area contributed by atoms with Gasteiger partial charge in [0.05, 0.1) is 18.8 Å². The van der Waals surface area contributed by atoms with Crippen LogP contribution in [0.5, 0.6) is 0 Å². The lowest BCUT2D eigenvalue weighted by molar-refractivity contribution is 0.119. The minimum Gasteiger partial charge on any atom is -0.375 e. The SMILES string of the molecule is CCNC(=NCCSc1ccc(Cl)cc1)N(C)Cc1csc(C(C)OC)n1. The molecule has 0 fully saturated rings. The number of halogens is 1. The topological polar surface area (TPSA) is 49.8 Å². The third-order valence-electron chi connectivity index (χ3n) is 3.80. The molecule has 1 aromatic heterocycles. The van der Waals surface area contributed by atoms with Crippen LogP contribution in [-0.2, 0) is 11.3 Å². The molecule has 0 aliphatic heterocycles. The molecule has 1 unspecified atom stereocenters. The Hall–Kier alpha value is -1.28.